The smallest absolute Gasteiger partial charge is 0.258 e. The van der Waals surface area contributed by atoms with E-state index in [4.69, 9.17) is 4.74 Å². The quantitative estimate of drug-likeness (QED) is 0.470. The zero-order valence-electron chi connectivity index (χ0n) is 11.3. The van der Waals surface area contributed by atoms with Crippen molar-refractivity contribution in [3.63, 3.8) is 0 Å². The number of hydrazone groups is 2. The van der Waals surface area contributed by atoms with Crippen molar-refractivity contribution in [1.82, 2.24) is 10.9 Å². The van der Waals surface area contributed by atoms with Crippen LogP contribution in [0.3, 0.4) is 0 Å². The summed E-state index contributed by atoms with van der Waals surface area (Å²) in [5.74, 6) is -1.19. The fourth-order valence-corrected chi connectivity index (χ4v) is 1.66. The van der Waals surface area contributed by atoms with Gasteiger partial charge in [-0.3, -0.25) is 9.59 Å². The van der Waals surface area contributed by atoms with Gasteiger partial charge in [0, 0.05) is 18.0 Å². The molecule has 0 spiro atoms. The molecule has 108 valence electrons. The number of para-hydroxylation sites is 1. The molecule has 0 aromatic heterocycles. The number of ether oxygens (including phenoxy) is 1. The fourth-order valence-electron chi connectivity index (χ4n) is 1.66. The van der Waals surface area contributed by atoms with E-state index in [0.29, 0.717) is 0 Å². The second-order valence-corrected chi connectivity index (χ2v) is 4.09. The zero-order valence-corrected chi connectivity index (χ0v) is 11.3. The van der Waals surface area contributed by atoms with Gasteiger partial charge in [0.25, 0.3) is 11.8 Å². The van der Waals surface area contributed by atoms with Gasteiger partial charge in [-0.2, -0.15) is 10.2 Å². The Morgan fingerprint density at radius 3 is 3.00 bits per heavy atom. The van der Waals surface area contributed by atoms with E-state index in [0.717, 1.165) is 11.3 Å². The molecule has 0 saturated heterocycles. The third-order valence-electron chi connectivity index (χ3n) is 2.71. The molecule has 1 aromatic carbocycles. The van der Waals surface area contributed by atoms with Crippen molar-refractivity contribution in [2.24, 2.45) is 16.1 Å². The zero-order chi connectivity index (χ0) is 15.1. The Bertz CT molecular complexity index is 622. The minimum absolute atomic E-state index is 0.465. The molecular weight excluding hydrogens is 272 g/mol. The van der Waals surface area contributed by atoms with Gasteiger partial charge in [0.05, 0.1) is 7.11 Å². The Balaban J connectivity index is 1.88. The molecule has 0 saturated carbocycles. The Kier molecular flexibility index (Phi) is 4.81. The van der Waals surface area contributed by atoms with E-state index < -0.39 is 17.7 Å². The highest BCUT2D eigenvalue weighted by molar-refractivity contribution is 6.15. The molecule has 1 aliphatic heterocycles. The van der Waals surface area contributed by atoms with Crippen molar-refractivity contribution in [1.29, 1.82) is 0 Å². The maximum Gasteiger partial charge on any atom is 0.258 e. The van der Waals surface area contributed by atoms with Gasteiger partial charge in [-0.25, -0.2) is 10.9 Å². The highest BCUT2D eigenvalue weighted by Crippen LogP contribution is 2.18. The molecule has 7 heteroatoms. The number of hydrogen-bond acceptors (Lipinski definition) is 5. The van der Waals surface area contributed by atoms with Gasteiger partial charge < -0.3 is 4.74 Å². The predicted octanol–water partition coefficient (Wildman–Crippen LogP) is 0.542. The summed E-state index contributed by atoms with van der Waals surface area (Å²) in [7, 11) is 1.59. The monoisotopic (exact) mass is 286 g/mol. The number of rotatable bonds is 5. The van der Waals surface area contributed by atoms with Crippen molar-refractivity contribution in [3.05, 3.63) is 35.9 Å². The average molecular weight is 286 g/mol. The van der Waals surface area contributed by atoms with Crippen LogP contribution in [0.4, 0.5) is 0 Å². The molecule has 21 heavy (non-hydrogen) atoms. The molecule has 7 nitrogen and oxygen atoms in total. The molecule has 0 bridgehead atoms. The summed E-state index contributed by atoms with van der Waals surface area (Å²) in [4.78, 5) is 22.8. The van der Waals surface area contributed by atoms with Crippen LogP contribution in [-0.4, -0.2) is 31.4 Å². The third kappa shape index (κ3) is 3.75. The predicted molar refractivity (Wildman–Crippen MR) is 78.8 cm³/mol. The topological polar surface area (TPSA) is 92.2 Å². The summed E-state index contributed by atoms with van der Waals surface area (Å²) in [5, 5.41) is 7.23. The maximum atomic E-state index is 11.6. The van der Waals surface area contributed by atoms with Crippen molar-refractivity contribution in [3.8, 4) is 5.75 Å². The van der Waals surface area contributed by atoms with E-state index in [1.165, 1.54) is 12.4 Å². The second kappa shape index (κ2) is 6.99. The molecule has 1 aliphatic rings. The Hall–Kier alpha value is -2.96. The van der Waals surface area contributed by atoms with Gasteiger partial charge in [-0.15, -0.1) is 0 Å². The van der Waals surface area contributed by atoms with Gasteiger partial charge >= 0.3 is 0 Å². The lowest BCUT2D eigenvalue weighted by Gasteiger charge is -2.02. The first kappa shape index (κ1) is 14.4. The minimum Gasteiger partial charge on any atom is -0.496 e. The van der Waals surface area contributed by atoms with Crippen molar-refractivity contribution >= 4 is 30.3 Å². The minimum atomic E-state index is -0.930. The largest absolute Gasteiger partial charge is 0.496 e. The van der Waals surface area contributed by atoms with E-state index in [9.17, 15) is 9.59 Å². The summed E-state index contributed by atoms with van der Waals surface area (Å²) in [5.41, 5.74) is 5.33. The van der Waals surface area contributed by atoms with Gasteiger partial charge in [-0.1, -0.05) is 18.2 Å². The van der Waals surface area contributed by atoms with E-state index >= 15 is 0 Å². The summed E-state index contributed by atoms with van der Waals surface area (Å²) >= 11 is 0. The van der Waals surface area contributed by atoms with Gasteiger partial charge in [0.1, 0.15) is 5.75 Å². The molecule has 2 amide bonds. The van der Waals surface area contributed by atoms with E-state index in [1.54, 1.807) is 19.3 Å². The standard InChI is InChI=1S/C14H14N4O3/c1-21-12-7-3-2-5-10(12)6-4-8-15-17-13(19)11-9-16-18-14(11)20/h2-9,11H,1H3,(H,17,19)(H,18,20)/b6-4+,15-8+. The molecule has 1 aromatic rings. The number of nitrogens with one attached hydrogen (secondary N) is 2. The molecule has 2 rings (SSSR count). The number of hydrogen-bond donors (Lipinski definition) is 2. The Morgan fingerprint density at radius 2 is 2.29 bits per heavy atom. The van der Waals surface area contributed by atoms with Crippen LogP contribution >= 0.6 is 0 Å². The lowest BCUT2D eigenvalue weighted by Crippen LogP contribution is -2.34. The van der Waals surface area contributed by atoms with E-state index in [2.05, 4.69) is 21.1 Å². The first-order valence-corrected chi connectivity index (χ1v) is 6.18. The molecular formula is C14H14N4O3. The summed E-state index contributed by atoms with van der Waals surface area (Å²) < 4.78 is 5.20. The number of amides is 2. The molecule has 1 unspecified atom stereocenters. The van der Waals surface area contributed by atoms with Crippen LogP contribution in [0.1, 0.15) is 5.56 Å². The first-order valence-electron chi connectivity index (χ1n) is 6.18. The number of carbonyl (C=O) groups is 2. The van der Waals surface area contributed by atoms with E-state index in [1.807, 2.05) is 24.3 Å². The van der Waals surface area contributed by atoms with Gasteiger partial charge in [0.15, 0.2) is 5.92 Å². The summed E-state index contributed by atoms with van der Waals surface area (Å²) in [6.07, 6.45) is 6.09. The van der Waals surface area contributed by atoms with Crippen molar-refractivity contribution in [2.75, 3.05) is 7.11 Å². The number of benzene rings is 1. The fraction of sp³-hybridized carbons (Fsp3) is 0.143. The SMILES string of the molecule is COc1ccccc1/C=C/C=N/NC(=O)C1C=NNC1=O. The summed E-state index contributed by atoms with van der Waals surface area (Å²) in [6, 6.07) is 7.50. The maximum absolute atomic E-state index is 11.6. The van der Waals surface area contributed by atoms with Crippen LogP contribution in [0.2, 0.25) is 0 Å². The highest BCUT2D eigenvalue weighted by atomic mass is 16.5. The molecule has 0 aliphatic carbocycles. The number of carbonyl (C=O) groups excluding carboxylic acids is 2. The lowest BCUT2D eigenvalue weighted by atomic mass is 10.1. The molecule has 2 N–H and O–H groups in total. The van der Waals surface area contributed by atoms with Gasteiger partial charge in [0.2, 0.25) is 0 Å². The van der Waals surface area contributed by atoms with Crippen LogP contribution in [0, 0.1) is 5.92 Å². The first-order chi connectivity index (χ1) is 10.2. The lowest BCUT2D eigenvalue weighted by molar-refractivity contribution is -0.131. The second-order valence-electron chi connectivity index (χ2n) is 4.09. The van der Waals surface area contributed by atoms with Crippen LogP contribution in [0.5, 0.6) is 5.75 Å². The molecule has 1 heterocycles. The highest BCUT2D eigenvalue weighted by Gasteiger charge is 2.28. The van der Waals surface area contributed by atoms with Crippen LogP contribution in [0.25, 0.3) is 6.08 Å². The van der Waals surface area contributed by atoms with Crippen LogP contribution in [0.15, 0.2) is 40.5 Å². The van der Waals surface area contributed by atoms with Crippen molar-refractivity contribution < 1.29 is 14.3 Å². The summed E-state index contributed by atoms with van der Waals surface area (Å²) in [6.45, 7) is 0. The Labute approximate surface area is 121 Å². The number of methoxy groups -OCH3 is 1. The van der Waals surface area contributed by atoms with Crippen LogP contribution < -0.4 is 15.6 Å². The van der Waals surface area contributed by atoms with Crippen molar-refractivity contribution in [2.45, 2.75) is 0 Å². The average Bonchev–Trinajstić information content (AvgIpc) is 2.93. The molecule has 1 atom stereocenters. The van der Waals surface area contributed by atoms with Crippen LogP contribution in [-0.2, 0) is 9.59 Å². The van der Waals surface area contributed by atoms with E-state index in [-0.39, 0.29) is 0 Å². The normalized spacial score (nSPS) is 17.4. The Morgan fingerprint density at radius 1 is 1.48 bits per heavy atom. The molecule has 0 fully saturated rings. The number of allylic oxidation sites excluding steroid dienone is 1. The van der Waals surface area contributed by atoms with Gasteiger partial charge in [-0.05, 0) is 18.2 Å². The number of nitrogens with zero attached hydrogens (tertiary/aromatic N) is 2. The third-order valence-corrected chi connectivity index (χ3v) is 2.71. The molecule has 0 radical (unpaired) electrons.